The van der Waals surface area contributed by atoms with Crippen molar-refractivity contribution < 1.29 is 17.9 Å². The Kier molecular flexibility index (Phi) is 4.91. The van der Waals surface area contributed by atoms with E-state index in [4.69, 9.17) is 0 Å². The lowest BCUT2D eigenvalue weighted by atomic mass is 10.2. The molecule has 1 amide bonds. The highest BCUT2D eigenvalue weighted by atomic mass is 33.1. The first kappa shape index (κ1) is 17.2. The molecule has 0 unspecified atom stereocenters. The van der Waals surface area contributed by atoms with Crippen molar-refractivity contribution in [1.82, 2.24) is 4.98 Å². The van der Waals surface area contributed by atoms with Gasteiger partial charge in [0.1, 0.15) is 0 Å². The minimum absolute atomic E-state index is 0.140. The normalized spacial score (nSPS) is 11.2. The molecule has 1 heterocycles. The summed E-state index contributed by atoms with van der Waals surface area (Å²) in [6.45, 7) is 0. The fraction of sp³-hybridized carbons (Fsp3) is 0.0588. The molecule has 1 N–H and O–H groups in total. The summed E-state index contributed by atoms with van der Waals surface area (Å²) in [4.78, 5) is 16.1. The van der Waals surface area contributed by atoms with Crippen LogP contribution in [0.3, 0.4) is 0 Å². The second kappa shape index (κ2) is 7.12. The summed E-state index contributed by atoms with van der Waals surface area (Å²) in [5.41, 5.74) is 1.09. The highest BCUT2D eigenvalue weighted by Crippen LogP contribution is 2.34. The quantitative estimate of drug-likeness (QED) is 0.697. The molecule has 0 aliphatic rings. The summed E-state index contributed by atoms with van der Waals surface area (Å²) >= 11 is 0. The van der Waals surface area contributed by atoms with E-state index in [2.05, 4.69) is 15.0 Å². The third-order valence-corrected chi connectivity index (χ3v) is 6.72. The van der Waals surface area contributed by atoms with Crippen molar-refractivity contribution in [2.45, 2.75) is 9.79 Å². The van der Waals surface area contributed by atoms with Gasteiger partial charge in [0.25, 0.3) is 0 Å². The van der Waals surface area contributed by atoms with Crippen LogP contribution in [0.25, 0.3) is 10.9 Å². The second-order valence-corrected chi connectivity index (χ2v) is 8.81. The van der Waals surface area contributed by atoms with E-state index in [9.17, 15) is 13.2 Å². The van der Waals surface area contributed by atoms with Gasteiger partial charge in [-0.25, -0.2) is 13.2 Å². The van der Waals surface area contributed by atoms with Crippen LogP contribution in [0, 0.1) is 0 Å². The van der Waals surface area contributed by atoms with Crippen LogP contribution >= 0.6 is 10.8 Å². The number of nitrogens with one attached hydrogen (secondary N) is 1. The third kappa shape index (κ3) is 3.92. The zero-order chi connectivity index (χ0) is 17.9. The van der Waals surface area contributed by atoms with Crippen LogP contribution in [0.2, 0.25) is 0 Å². The average molecular weight is 374 g/mol. The number of nitrogens with zero attached hydrogens (tertiary/aromatic N) is 1. The lowest BCUT2D eigenvalue weighted by Crippen LogP contribution is -2.10. The first-order valence-electron chi connectivity index (χ1n) is 7.23. The van der Waals surface area contributed by atoms with Crippen LogP contribution in [-0.2, 0) is 13.6 Å². The summed E-state index contributed by atoms with van der Waals surface area (Å²) in [6, 6.07) is 15.0. The fourth-order valence-corrected chi connectivity index (χ4v) is 5.10. The summed E-state index contributed by atoms with van der Waals surface area (Å²) in [7, 11) is -1.62. The zero-order valence-electron chi connectivity index (χ0n) is 13.2. The predicted molar refractivity (Wildman–Crippen MR) is 97.3 cm³/mol. The number of benzene rings is 2. The van der Waals surface area contributed by atoms with Crippen LogP contribution < -0.4 is 5.32 Å². The second-order valence-electron chi connectivity index (χ2n) is 5.01. The molecule has 0 fully saturated rings. The van der Waals surface area contributed by atoms with E-state index in [-0.39, 0.29) is 4.90 Å². The van der Waals surface area contributed by atoms with E-state index in [0.717, 1.165) is 16.2 Å². The van der Waals surface area contributed by atoms with Gasteiger partial charge in [0.2, 0.25) is 8.87 Å². The lowest BCUT2D eigenvalue weighted by molar-refractivity contribution is 0.187. The number of hydrogen-bond donors (Lipinski definition) is 1. The largest absolute Gasteiger partial charge is 0.453 e. The number of ether oxygens (including phenoxy) is 1. The number of para-hydroxylation sites is 1. The third-order valence-electron chi connectivity index (χ3n) is 3.37. The number of rotatable bonds is 4. The Labute approximate surface area is 148 Å². The van der Waals surface area contributed by atoms with Gasteiger partial charge < -0.3 is 4.74 Å². The predicted octanol–water partition coefficient (Wildman–Crippen LogP) is 3.89. The maximum atomic E-state index is 12.7. The number of anilines is 1. The SMILES string of the molecule is COC(=O)Nc1ccc(S(=O)(=O)Sc2cccc3cccnc23)cc1. The van der Waals surface area contributed by atoms with E-state index in [1.54, 1.807) is 24.4 Å². The highest BCUT2D eigenvalue weighted by molar-refractivity contribution is 8.72. The number of carbonyl (C=O) groups excluding carboxylic acids is 1. The number of aromatic nitrogens is 1. The Morgan fingerprint density at radius 3 is 2.52 bits per heavy atom. The molecule has 3 rings (SSSR count). The van der Waals surface area contributed by atoms with Gasteiger partial charge in [-0.05, 0) is 36.4 Å². The van der Waals surface area contributed by atoms with E-state index in [1.165, 1.54) is 31.4 Å². The zero-order valence-corrected chi connectivity index (χ0v) is 14.8. The molecule has 128 valence electrons. The molecule has 0 aliphatic heterocycles. The molecule has 0 bridgehead atoms. The van der Waals surface area contributed by atoms with Gasteiger partial charge >= 0.3 is 6.09 Å². The molecular formula is C17H14N2O4S2. The smallest absolute Gasteiger partial charge is 0.411 e. The molecule has 0 aliphatic carbocycles. The number of amides is 1. The molecule has 0 atom stereocenters. The van der Waals surface area contributed by atoms with E-state index in [0.29, 0.717) is 16.1 Å². The van der Waals surface area contributed by atoms with Gasteiger partial charge in [-0.3, -0.25) is 10.3 Å². The molecular weight excluding hydrogens is 360 g/mol. The monoisotopic (exact) mass is 374 g/mol. The number of fused-ring (bicyclic) bond motifs is 1. The fourth-order valence-electron chi connectivity index (χ4n) is 2.18. The molecule has 0 saturated heterocycles. The standard InChI is InChI=1S/C17H14N2O4S2/c1-23-17(20)19-13-7-9-14(10-8-13)25(21,22)24-15-6-2-4-12-5-3-11-18-16(12)15/h2-11H,1H3,(H,19,20). The van der Waals surface area contributed by atoms with Crippen LogP contribution in [0.15, 0.2) is 70.6 Å². The van der Waals surface area contributed by atoms with Crippen LogP contribution in [-0.4, -0.2) is 26.6 Å². The van der Waals surface area contributed by atoms with Crippen molar-refractivity contribution in [3.05, 3.63) is 60.8 Å². The Hall–Kier alpha value is -2.58. The Morgan fingerprint density at radius 2 is 1.80 bits per heavy atom. The molecule has 0 spiro atoms. The first-order chi connectivity index (χ1) is 12.0. The van der Waals surface area contributed by atoms with Crippen molar-refractivity contribution in [1.29, 1.82) is 0 Å². The molecule has 25 heavy (non-hydrogen) atoms. The van der Waals surface area contributed by atoms with Crippen molar-refractivity contribution >= 4 is 42.3 Å². The van der Waals surface area contributed by atoms with Gasteiger partial charge in [0.05, 0.1) is 17.5 Å². The van der Waals surface area contributed by atoms with Crippen LogP contribution in [0.4, 0.5) is 10.5 Å². The summed E-state index contributed by atoms with van der Waals surface area (Å²) < 4.78 is 29.8. The van der Waals surface area contributed by atoms with Gasteiger partial charge in [-0.1, -0.05) is 18.2 Å². The molecule has 3 aromatic rings. The molecule has 1 aromatic heterocycles. The molecule has 2 aromatic carbocycles. The lowest BCUT2D eigenvalue weighted by Gasteiger charge is -2.08. The van der Waals surface area contributed by atoms with Crippen molar-refractivity contribution in [3.8, 4) is 0 Å². The number of pyridine rings is 1. The van der Waals surface area contributed by atoms with E-state index >= 15 is 0 Å². The number of hydrogen-bond acceptors (Lipinski definition) is 6. The first-order valence-corrected chi connectivity index (χ1v) is 10.0. The number of methoxy groups -OCH3 is 1. The maximum Gasteiger partial charge on any atom is 0.411 e. The summed E-state index contributed by atoms with van der Waals surface area (Å²) in [5, 5.41) is 3.35. The van der Waals surface area contributed by atoms with Gasteiger partial charge in [0, 0.05) is 33.0 Å². The van der Waals surface area contributed by atoms with Crippen molar-refractivity contribution in [3.63, 3.8) is 0 Å². The van der Waals surface area contributed by atoms with Gasteiger partial charge in [-0.15, -0.1) is 0 Å². The molecule has 8 heteroatoms. The average Bonchev–Trinajstić information content (AvgIpc) is 2.62. The van der Waals surface area contributed by atoms with E-state index in [1.807, 2.05) is 12.1 Å². The topological polar surface area (TPSA) is 85.4 Å². The molecule has 0 saturated carbocycles. The highest BCUT2D eigenvalue weighted by Gasteiger charge is 2.18. The van der Waals surface area contributed by atoms with Gasteiger partial charge in [0.15, 0.2) is 0 Å². The van der Waals surface area contributed by atoms with E-state index < -0.39 is 15.0 Å². The Morgan fingerprint density at radius 1 is 1.08 bits per heavy atom. The molecule has 6 nitrogen and oxygen atoms in total. The van der Waals surface area contributed by atoms with Crippen molar-refractivity contribution in [2.75, 3.05) is 12.4 Å². The summed E-state index contributed by atoms with van der Waals surface area (Å²) in [6.07, 6.45) is 1.01. The van der Waals surface area contributed by atoms with Crippen molar-refractivity contribution in [2.24, 2.45) is 0 Å². The Balaban J connectivity index is 1.87. The van der Waals surface area contributed by atoms with Crippen LogP contribution in [0.5, 0.6) is 0 Å². The number of carbonyl (C=O) groups is 1. The maximum absolute atomic E-state index is 12.7. The molecule has 0 radical (unpaired) electrons. The van der Waals surface area contributed by atoms with Crippen LogP contribution in [0.1, 0.15) is 0 Å². The Bertz CT molecular complexity index is 1010. The minimum atomic E-state index is -3.62. The summed E-state index contributed by atoms with van der Waals surface area (Å²) in [5.74, 6) is 0. The minimum Gasteiger partial charge on any atom is -0.453 e. The van der Waals surface area contributed by atoms with Gasteiger partial charge in [-0.2, -0.15) is 0 Å².